The number of ether oxygens (including phenoxy) is 1. The average molecular weight is 426 g/mol. The molecule has 0 spiro atoms. The summed E-state index contributed by atoms with van der Waals surface area (Å²) in [6, 6.07) is 10.5. The minimum Gasteiger partial charge on any atom is -0.496 e. The summed E-state index contributed by atoms with van der Waals surface area (Å²) < 4.78 is 34.8. The number of nitrogens with one attached hydrogen (secondary N) is 2. The van der Waals surface area contributed by atoms with E-state index in [4.69, 9.17) is 4.74 Å². The Morgan fingerprint density at radius 1 is 1.23 bits per heavy atom. The van der Waals surface area contributed by atoms with Gasteiger partial charge in [0.1, 0.15) is 17.4 Å². The molecule has 0 bridgehead atoms. The molecule has 1 aromatic heterocycles. The summed E-state index contributed by atoms with van der Waals surface area (Å²) in [5.41, 5.74) is 2.44. The summed E-state index contributed by atoms with van der Waals surface area (Å²) in [5, 5.41) is 10.6. The molecule has 162 valence electrons. The number of hydrogen-bond acceptors (Lipinski definition) is 4. The zero-order chi connectivity index (χ0) is 21.8. The molecule has 2 heterocycles. The summed E-state index contributed by atoms with van der Waals surface area (Å²) >= 11 is 0. The van der Waals surface area contributed by atoms with E-state index >= 15 is 0 Å². The summed E-state index contributed by atoms with van der Waals surface area (Å²) in [6.45, 7) is 1.11. The van der Waals surface area contributed by atoms with Gasteiger partial charge in [-0.15, -0.1) is 0 Å². The Morgan fingerprint density at radius 2 is 2.03 bits per heavy atom. The van der Waals surface area contributed by atoms with Gasteiger partial charge in [0, 0.05) is 43.0 Å². The zero-order valence-corrected chi connectivity index (χ0v) is 17.1. The summed E-state index contributed by atoms with van der Waals surface area (Å²) in [4.78, 5) is 12.0. The van der Waals surface area contributed by atoms with Crippen LogP contribution in [0.2, 0.25) is 0 Å². The van der Waals surface area contributed by atoms with Gasteiger partial charge in [-0.2, -0.15) is 5.10 Å². The van der Waals surface area contributed by atoms with Gasteiger partial charge in [0.05, 0.1) is 19.7 Å². The molecule has 1 saturated heterocycles. The molecule has 0 radical (unpaired) electrons. The second kappa shape index (κ2) is 9.26. The van der Waals surface area contributed by atoms with Crippen molar-refractivity contribution in [2.75, 3.05) is 7.11 Å². The number of carbonyl (C=O) groups is 1. The van der Waals surface area contributed by atoms with Crippen molar-refractivity contribution in [2.45, 2.75) is 38.0 Å². The maximum absolute atomic E-state index is 13.7. The van der Waals surface area contributed by atoms with E-state index in [-0.39, 0.29) is 11.9 Å². The standard InChI is InChI=1S/C23H24F2N4O2/c1-31-21-5-3-15(9-17(21)14-29-8-2-7-27-29)13-26-20-4-6-22(30)28-23(20)16-10-18(24)12-19(25)11-16/h2-3,5,7-12,20,23,26H,4,6,13-14H2,1H3,(H,28,30)/t20-,23+/m1/s1. The number of halogens is 2. The van der Waals surface area contributed by atoms with Crippen LogP contribution in [-0.4, -0.2) is 28.8 Å². The highest BCUT2D eigenvalue weighted by Gasteiger charge is 2.30. The number of benzene rings is 2. The van der Waals surface area contributed by atoms with Gasteiger partial charge < -0.3 is 15.4 Å². The number of hydrogen-bond donors (Lipinski definition) is 2. The van der Waals surface area contributed by atoms with Gasteiger partial charge in [0.2, 0.25) is 5.91 Å². The van der Waals surface area contributed by atoms with E-state index in [1.807, 2.05) is 35.1 Å². The molecule has 3 aromatic rings. The van der Waals surface area contributed by atoms with Gasteiger partial charge in [-0.25, -0.2) is 8.78 Å². The van der Waals surface area contributed by atoms with Gasteiger partial charge in [-0.1, -0.05) is 6.07 Å². The number of carbonyl (C=O) groups excluding carboxylic acids is 1. The Morgan fingerprint density at radius 3 is 2.74 bits per heavy atom. The van der Waals surface area contributed by atoms with Crippen molar-refractivity contribution in [3.63, 3.8) is 0 Å². The highest BCUT2D eigenvalue weighted by Crippen LogP contribution is 2.27. The molecule has 1 aliphatic rings. The van der Waals surface area contributed by atoms with Crippen LogP contribution < -0.4 is 15.4 Å². The first kappa shape index (κ1) is 21.0. The van der Waals surface area contributed by atoms with E-state index < -0.39 is 17.7 Å². The molecule has 1 aliphatic heterocycles. The number of nitrogens with zero attached hydrogens (tertiary/aromatic N) is 2. The minimum absolute atomic E-state index is 0.126. The fourth-order valence-corrected chi connectivity index (χ4v) is 3.97. The molecule has 0 unspecified atom stereocenters. The molecule has 1 fully saturated rings. The monoisotopic (exact) mass is 426 g/mol. The second-order valence-electron chi connectivity index (χ2n) is 7.62. The molecule has 31 heavy (non-hydrogen) atoms. The summed E-state index contributed by atoms with van der Waals surface area (Å²) in [6.07, 6.45) is 4.55. The molecular weight excluding hydrogens is 402 g/mol. The predicted octanol–water partition coefficient (Wildman–Crippen LogP) is 3.33. The Kier molecular flexibility index (Phi) is 6.27. The Bertz CT molecular complexity index is 1040. The van der Waals surface area contributed by atoms with Crippen LogP contribution in [0.1, 0.15) is 35.6 Å². The normalized spacial score (nSPS) is 18.6. The van der Waals surface area contributed by atoms with Crippen molar-refractivity contribution in [1.29, 1.82) is 0 Å². The fraction of sp³-hybridized carbons (Fsp3) is 0.304. The maximum Gasteiger partial charge on any atom is 0.220 e. The largest absolute Gasteiger partial charge is 0.496 e. The van der Waals surface area contributed by atoms with Crippen LogP contribution in [0, 0.1) is 11.6 Å². The lowest BCUT2D eigenvalue weighted by atomic mass is 9.91. The highest BCUT2D eigenvalue weighted by atomic mass is 19.1. The van der Waals surface area contributed by atoms with Crippen LogP contribution in [0.3, 0.4) is 0 Å². The lowest BCUT2D eigenvalue weighted by Gasteiger charge is -2.33. The molecule has 8 heteroatoms. The molecule has 0 saturated carbocycles. The van der Waals surface area contributed by atoms with Gasteiger partial charge >= 0.3 is 0 Å². The molecule has 2 atom stereocenters. The van der Waals surface area contributed by atoms with Gasteiger partial charge in [0.25, 0.3) is 0 Å². The molecule has 0 aliphatic carbocycles. The van der Waals surface area contributed by atoms with E-state index in [0.29, 0.717) is 31.5 Å². The zero-order valence-electron chi connectivity index (χ0n) is 17.1. The third kappa shape index (κ3) is 5.08. The van der Waals surface area contributed by atoms with E-state index in [2.05, 4.69) is 15.7 Å². The lowest BCUT2D eigenvalue weighted by Crippen LogP contribution is -2.48. The summed E-state index contributed by atoms with van der Waals surface area (Å²) in [5.74, 6) is -0.671. The number of aromatic nitrogens is 2. The summed E-state index contributed by atoms with van der Waals surface area (Å²) in [7, 11) is 1.63. The van der Waals surface area contributed by atoms with Crippen LogP contribution in [0.25, 0.3) is 0 Å². The van der Waals surface area contributed by atoms with E-state index in [0.717, 1.165) is 22.9 Å². The van der Waals surface area contributed by atoms with Crippen LogP contribution in [0.4, 0.5) is 8.78 Å². The third-order valence-electron chi connectivity index (χ3n) is 5.45. The maximum atomic E-state index is 13.7. The van der Waals surface area contributed by atoms with Crippen molar-refractivity contribution >= 4 is 5.91 Å². The smallest absolute Gasteiger partial charge is 0.220 e. The number of piperidine rings is 1. The van der Waals surface area contributed by atoms with Crippen molar-refractivity contribution in [2.24, 2.45) is 0 Å². The third-order valence-corrected chi connectivity index (χ3v) is 5.45. The highest BCUT2D eigenvalue weighted by molar-refractivity contribution is 5.77. The van der Waals surface area contributed by atoms with Crippen molar-refractivity contribution in [3.05, 3.63) is 83.2 Å². The Hall–Kier alpha value is -3.26. The van der Waals surface area contributed by atoms with Crippen molar-refractivity contribution in [1.82, 2.24) is 20.4 Å². The Labute approximate surface area is 179 Å². The first-order valence-electron chi connectivity index (χ1n) is 10.1. The second-order valence-corrected chi connectivity index (χ2v) is 7.62. The molecule has 6 nitrogen and oxygen atoms in total. The van der Waals surface area contributed by atoms with Crippen LogP contribution in [-0.2, 0) is 17.9 Å². The van der Waals surface area contributed by atoms with E-state index in [1.54, 1.807) is 13.3 Å². The molecule has 1 amide bonds. The van der Waals surface area contributed by atoms with Crippen molar-refractivity contribution in [3.8, 4) is 5.75 Å². The predicted molar refractivity (Wildman–Crippen MR) is 111 cm³/mol. The van der Waals surface area contributed by atoms with E-state index in [9.17, 15) is 13.6 Å². The topological polar surface area (TPSA) is 68.2 Å². The van der Waals surface area contributed by atoms with Gasteiger partial charge in [0.15, 0.2) is 0 Å². The van der Waals surface area contributed by atoms with Gasteiger partial charge in [-0.3, -0.25) is 9.48 Å². The number of methoxy groups -OCH3 is 1. The molecule has 4 rings (SSSR count). The average Bonchev–Trinajstić information content (AvgIpc) is 3.25. The molecule has 2 aromatic carbocycles. The lowest BCUT2D eigenvalue weighted by molar-refractivity contribution is -0.123. The molecular formula is C23H24F2N4O2. The Balaban J connectivity index is 1.50. The van der Waals surface area contributed by atoms with Gasteiger partial charge in [-0.05, 0) is 47.9 Å². The minimum atomic E-state index is -0.660. The fourth-order valence-electron chi connectivity index (χ4n) is 3.97. The first-order chi connectivity index (χ1) is 15.0. The number of amides is 1. The van der Waals surface area contributed by atoms with E-state index in [1.165, 1.54) is 12.1 Å². The first-order valence-corrected chi connectivity index (χ1v) is 10.1. The van der Waals surface area contributed by atoms with Crippen LogP contribution in [0.5, 0.6) is 5.75 Å². The molecule has 2 N–H and O–H groups in total. The van der Waals surface area contributed by atoms with Crippen LogP contribution in [0.15, 0.2) is 54.9 Å². The van der Waals surface area contributed by atoms with Crippen molar-refractivity contribution < 1.29 is 18.3 Å². The quantitative estimate of drug-likeness (QED) is 0.608. The SMILES string of the molecule is COc1ccc(CN[C@@H]2CCC(=O)N[C@H]2c2cc(F)cc(F)c2)cc1Cn1cccn1. The van der Waals surface area contributed by atoms with Crippen LogP contribution >= 0.6 is 0 Å². The number of rotatable bonds is 7.